The van der Waals surface area contributed by atoms with E-state index in [-0.39, 0.29) is 12.5 Å². The molecule has 1 fully saturated rings. The molecule has 1 atom stereocenters. The maximum absolute atomic E-state index is 11.1. The molecule has 2 heterocycles. The van der Waals surface area contributed by atoms with Crippen molar-refractivity contribution in [2.24, 2.45) is 16.3 Å². The van der Waals surface area contributed by atoms with Gasteiger partial charge in [0.25, 0.3) is 0 Å². The van der Waals surface area contributed by atoms with Crippen LogP contribution in [0, 0.1) is 5.92 Å². The third kappa shape index (κ3) is 2.88. The lowest BCUT2D eigenvalue weighted by Crippen LogP contribution is -2.25. The van der Waals surface area contributed by atoms with E-state index in [0.29, 0.717) is 12.5 Å². The summed E-state index contributed by atoms with van der Waals surface area (Å²) in [5.41, 5.74) is 4.30. The summed E-state index contributed by atoms with van der Waals surface area (Å²) in [7, 11) is 0. The van der Waals surface area contributed by atoms with Crippen molar-refractivity contribution in [2.45, 2.75) is 25.3 Å². The van der Waals surface area contributed by atoms with Crippen LogP contribution in [0.4, 0.5) is 0 Å². The van der Waals surface area contributed by atoms with Crippen LogP contribution in [0.3, 0.4) is 0 Å². The number of H-pyrrole nitrogens is 1. The van der Waals surface area contributed by atoms with Gasteiger partial charge in [-0.15, -0.1) is 5.11 Å². The van der Waals surface area contributed by atoms with Crippen molar-refractivity contribution in [1.29, 1.82) is 0 Å². The molecule has 8 heteroatoms. The molecule has 1 saturated carbocycles. The summed E-state index contributed by atoms with van der Waals surface area (Å²) < 4.78 is 0. The highest BCUT2D eigenvalue weighted by molar-refractivity contribution is 5.76. The minimum absolute atomic E-state index is 0.0683. The van der Waals surface area contributed by atoms with E-state index in [1.165, 1.54) is 0 Å². The Hall–Kier alpha value is -2.74. The summed E-state index contributed by atoms with van der Waals surface area (Å²) in [6.45, 7) is 0.539. The third-order valence-corrected chi connectivity index (χ3v) is 4.34. The average molecular weight is 326 g/mol. The van der Waals surface area contributed by atoms with Crippen molar-refractivity contribution < 1.29 is 10.0 Å². The van der Waals surface area contributed by atoms with Crippen molar-refractivity contribution in [1.82, 2.24) is 20.5 Å². The van der Waals surface area contributed by atoms with Gasteiger partial charge in [0.05, 0.1) is 23.3 Å². The van der Waals surface area contributed by atoms with E-state index in [0.717, 1.165) is 35.4 Å². The summed E-state index contributed by atoms with van der Waals surface area (Å²) >= 11 is 0. The summed E-state index contributed by atoms with van der Waals surface area (Å²) in [6.07, 6.45) is 4.06. The number of nitrogens with one attached hydrogen (secondary N) is 2. The smallest absolute Gasteiger partial charge is 0.247 e. The van der Waals surface area contributed by atoms with Gasteiger partial charge in [-0.25, -0.2) is 10.5 Å². The molecule has 4 rings (SSSR count). The molecule has 0 radical (unpaired) electrons. The fourth-order valence-corrected chi connectivity index (χ4v) is 2.99. The molecule has 1 unspecified atom stereocenters. The first-order valence-corrected chi connectivity index (χ1v) is 7.99. The molecule has 1 aliphatic heterocycles. The maximum Gasteiger partial charge on any atom is 0.247 e. The molecule has 0 saturated heterocycles. The SMILES string of the molecule is O=C(C/C=C1/CN(C(c2nc3ccccc3[nH]2)C2CC2)N=N1)NO. The maximum atomic E-state index is 11.1. The molecule has 0 bridgehead atoms. The lowest BCUT2D eigenvalue weighted by atomic mass is 10.1. The van der Waals surface area contributed by atoms with Crippen LogP contribution in [0.5, 0.6) is 0 Å². The molecule has 3 N–H and O–H groups in total. The number of nitrogens with zero attached hydrogens (tertiary/aromatic N) is 4. The van der Waals surface area contributed by atoms with Crippen LogP contribution in [0.2, 0.25) is 0 Å². The van der Waals surface area contributed by atoms with Crippen molar-refractivity contribution in [3.05, 3.63) is 41.9 Å². The molecule has 1 aliphatic carbocycles. The van der Waals surface area contributed by atoms with Crippen LogP contribution < -0.4 is 5.48 Å². The highest BCUT2D eigenvalue weighted by atomic mass is 16.5. The highest BCUT2D eigenvalue weighted by Gasteiger charge is 2.40. The van der Waals surface area contributed by atoms with E-state index in [1.807, 2.05) is 29.3 Å². The number of benzene rings is 1. The van der Waals surface area contributed by atoms with Crippen molar-refractivity contribution in [3.63, 3.8) is 0 Å². The van der Waals surface area contributed by atoms with E-state index in [9.17, 15) is 4.79 Å². The largest absolute Gasteiger partial charge is 0.340 e. The zero-order chi connectivity index (χ0) is 16.5. The Morgan fingerprint density at radius 1 is 1.46 bits per heavy atom. The van der Waals surface area contributed by atoms with E-state index in [1.54, 1.807) is 11.6 Å². The zero-order valence-corrected chi connectivity index (χ0v) is 13.0. The first kappa shape index (κ1) is 14.8. The number of hydrogen-bond acceptors (Lipinski definition) is 6. The lowest BCUT2D eigenvalue weighted by molar-refractivity contribution is -0.128. The van der Waals surface area contributed by atoms with Gasteiger partial charge in [0.2, 0.25) is 5.91 Å². The summed E-state index contributed by atoms with van der Waals surface area (Å²) in [5, 5.41) is 18.9. The predicted molar refractivity (Wildman–Crippen MR) is 85.7 cm³/mol. The molecule has 1 aromatic heterocycles. The molecule has 8 nitrogen and oxygen atoms in total. The van der Waals surface area contributed by atoms with Crippen molar-refractivity contribution >= 4 is 16.9 Å². The minimum Gasteiger partial charge on any atom is -0.340 e. The van der Waals surface area contributed by atoms with Crippen LogP contribution in [0.25, 0.3) is 11.0 Å². The van der Waals surface area contributed by atoms with Gasteiger partial charge in [-0.05, 0) is 37.0 Å². The fraction of sp³-hybridized carbons (Fsp3) is 0.375. The molecular weight excluding hydrogens is 308 g/mol. The van der Waals surface area contributed by atoms with Crippen molar-refractivity contribution in [2.75, 3.05) is 6.54 Å². The average Bonchev–Trinajstić information content (AvgIpc) is 3.16. The van der Waals surface area contributed by atoms with Crippen LogP contribution >= 0.6 is 0 Å². The Morgan fingerprint density at radius 2 is 2.29 bits per heavy atom. The van der Waals surface area contributed by atoms with Gasteiger partial charge in [-0.1, -0.05) is 17.4 Å². The second-order valence-corrected chi connectivity index (χ2v) is 6.14. The van der Waals surface area contributed by atoms with Gasteiger partial charge in [-0.2, -0.15) is 0 Å². The number of aromatic amines is 1. The molecular formula is C16H18N6O2. The second-order valence-electron chi connectivity index (χ2n) is 6.14. The number of aromatic nitrogens is 2. The standard InChI is InChI=1S/C16H18N6O2/c23-14(20-24)8-7-11-9-22(21-19-11)15(10-5-6-10)16-17-12-3-1-2-4-13(12)18-16/h1-4,7,10,15,24H,5-6,8-9H2,(H,17,18)(H,20,23)/b11-7-. The van der Waals surface area contributed by atoms with Gasteiger partial charge >= 0.3 is 0 Å². The van der Waals surface area contributed by atoms with E-state index >= 15 is 0 Å². The highest BCUT2D eigenvalue weighted by Crippen LogP contribution is 2.45. The number of rotatable bonds is 5. The number of hydrogen-bond donors (Lipinski definition) is 3. The number of hydroxylamine groups is 1. The van der Waals surface area contributed by atoms with Gasteiger partial charge in [0, 0.05) is 6.42 Å². The molecule has 0 spiro atoms. The quantitative estimate of drug-likeness (QED) is 0.579. The Bertz CT molecular complexity index is 790. The Kier molecular flexibility index (Phi) is 3.73. The Morgan fingerprint density at radius 3 is 3.04 bits per heavy atom. The predicted octanol–water partition coefficient (Wildman–Crippen LogP) is 2.48. The molecule has 124 valence electrons. The van der Waals surface area contributed by atoms with E-state index < -0.39 is 5.91 Å². The number of carbonyl (C=O) groups excluding carboxylic acids is 1. The van der Waals surface area contributed by atoms with Gasteiger partial charge in [0.15, 0.2) is 0 Å². The van der Waals surface area contributed by atoms with Crippen LogP contribution in [0.1, 0.15) is 31.1 Å². The number of imidazole rings is 1. The van der Waals surface area contributed by atoms with E-state index in [4.69, 9.17) is 10.2 Å². The first-order chi connectivity index (χ1) is 11.7. The summed E-state index contributed by atoms with van der Waals surface area (Å²) in [6, 6.07) is 8.03. The monoisotopic (exact) mass is 326 g/mol. The normalized spacial score (nSPS) is 20.0. The number of carbonyl (C=O) groups is 1. The van der Waals surface area contributed by atoms with E-state index in [2.05, 4.69) is 15.3 Å². The third-order valence-electron chi connectivity index (χ3n) is 4.34. The molecule has 24 heavy (non-hydrogen) atoms. The van der Waals surface area contributed by atoms with Gasteiger partial charge in [0.1, 0.15) is 11.9 Å². The van der Waals surface area contributed by atoms with Gasteiger partial charge < -0.3 is 4.98 Å². The van der Waals surface area contributed by atoms with Crippen LogP contribution in [-0.2, 0) is 4.79 Å². The Balaban J connectivity index is 1.54. The number of fused-ring (bicyclic) bond motifs is 1. The molecule has 2 aliphatic rings. The van der Waals surface area contributed by atoms with Crippen molar-refractivity contribution in [3.8, 4) is 0 Å². The topological polar surface area (TPSA) is 106 Å². The number of para-hydroxylation sites is 2. The second kappa shape index (κ2) is 6.04. The summed E-state index contributed by atoms with van der Waals surface area (Å²) in [5.74, 6) is 0.962. The molecule has 1 aromatic carbocycles. The Labute approximate surface area is 138 Å². The summed E-state index contributed by atoms with van der Waals surface area (Å²) in [4.78, 5) is 19.2. The number of amides is 1. The molecule has 1 amide bonds. The molecule has 2 aromatic rings. The fourth-order valence-electron chi connectivity index (χ4n) is 2.99. The lowest BCUT2D eigenvalue weighted by Gasteiger charge is -2.22. The first-order valence-electron chi connectivity index (χ1n) is 7.99. The minimum atomic E-state index is -0.466. The zero-order valence-electron chi connectivity index (χ0n) is 13.0. The van der Waals surface area contributed by atoms with Gasteiger partial charge in [-0.3, -0.25) is 15.0 Å². The van der Waals surface area contributed by atoms with Crippen LogP contribution in [0.15, 0.2) is 46.4 Å². The van der Waals surface area contributed by atoms with Crippen LogP contribution in [-0.4, -0.2) is 32.6 Å².